The fourth-order valence-electron chi connectivity index (χ4n) is 6.63. The van der Waals surface area contributed by atoms with Crippen LogP contribution in [-0.4, -0.2) is 48.3 Å². The van der Waals surface area contributed by atoms with Gasteiger partial charge in [0.1, 0.15) is 5.75 Å². The number of rotatable bonds is 3. The third-order valence-corrected chi connectivity index (χ3v) is 7.90. The van der Waals surface area contributed by atoms with E-state index in [4.69, 9.17) is 9.47 Å². The van der Waals surface area contributed by atoms with Crippen LogP contribution in [0.3, 0.4) is 0 Å². The van der Waals surface area contributed by atoms with Gasteiger partial charge in [-0.25, -0.2) is 8.78 Å². The van der Waals surface area contributed by atoms with Gasteiger partial charge in [-0.1, -0.05) is 0 Å². The predicted molar refractivity (Wildman–Crippen MR) is 102 cm³/mol. The average molecular weight is 414 g/mol. The number of phenolic OH excluding ortho intramolecular Hbond substituents is 1. The number of ether oxygens (including phenoxy) is 2. The molecule has 0 aromatic heterocycles. The predicted octanol–water partition coefficient (Wildman–Crippen LogP) is 3.91. The van der Waals surface area contributed by atoms with E-state index in [9.17, 15) is 5.11 Å². The number of likely N-dealkylation sites (tertiary alicyclic amines) is 1. The van der Waals surface area contributed by atoms with Crippen LogP contribution in [0, 0.1) is 11.8 Å². The lowest BCUT2D eigenvalue weighted by Gasteiger charge is -2.59. The Hall–Kier alpha value is -1.27. The Labute approximate surface area is 169 Å². The Morgan fingerprint density at radius 1 is 1.29 bits per heavy atom. The number of halogens is 3. The fraction of sp³-hybridized carbons (Fsp3) is 0.714. The molecule has 4 atom stereocenters. The van der Waals surface area contributed by atoms with Crippen molar-refractivity contribution < 1.29 is 23.4 Å². The maximum Gasteiger partial charge on any atom is 0.285 e. The quantitative estimate of drug-likeness (QED) is 0.815. The molecule has 2 aliphatic heterocycles. The van der Waals surface area contributed by atoms with Crippen molar-refractivity contribution in [3.8, 4) is 17.2 Å². The van der Waals surface area contributed by atoms with Crippen molar-refractivity contribution in [2.45, 2.75) is 62.0 Å². The smallest absolute Gasteiger partial charge is 0.285 e. The fourth-order valence-corrected chi connectivity index (χ4v) is 6.63. The van der Waals surface area contributed by atoms with E-state index in [2.05, 4.69) is 4.90 Å². The van der Waals surface area contributed by atoms with Crippen LogP contribution in [-0.2, 0) is 11.8 Å². The molecule has 1 N–H and O–H groups in total. The number of nitrogens with zero attached hydrogens (tertiary/aromatic N) is 1. The molecular weight excluding hydrogens is 388 g/mol. The first-order valence-electron chi connectivity index (χ1n) is 10.2. The number of benzene rings is 1. The number of alkyl halides is 2. The molecular formula is C21H26ClF2NO3. The van der Waals surface area contributed by atoms with E-state index >= 15 is 8.78 Å². The van der Waals surface area contributed by atoms with Gasteiger partial charge in [-0.15, -0.1) is 12.4 Å². The summed E-state index contributed by atoms with van der Waals surface area (Å²) in [4.78, 5) is 2.53. The van der Waals surface area contributed by atoms with Crippen molar-refractivity contribution in [2.75, 3.05) is 20.2 Å². The molecule has 1 spiro atoms. The standard InChI is InChI=1S/C21H25F2NO3.ClH/c1-26-16-9-15(25)12-8-14-13-4-5-21(22,23)19-20(13,17(12)18(16)27-19)6-7-24(14)10-11-2-3-11;/h9,11,13-14,19,25H,2-8,10H2,1H3;1H/t13-,14+,19+,20-;/m0./s1. The highest BCUT2D eigenvalue weighted by Crippen LogP contribution is 2.67. The topological polar surface area (TPSA) is 41.9 Å². The largest absolute Gasteiger partial charge is 0.508 e. The van der Waals surface area contributed by atoms with Gasteiger partial charge in [-0.3, -0.25) is 4.90 Å². The summed E-state index contributed by atoms with van der Waals surface area (Å²) in [7, 11) is 1.50. The van der Waals surface area contributed by atoms with Crippen LogP contribution >= 0.6 is 12.4 Å². The lowest BCUT2D eigenvalue weighted by molar-refractivity contribution is -0.182. The van der Waals surface area contributed by atoms with Crippen molar-refractivity contribution >= 4 is 12.4 Å². The normalized spacial score (nSPS) is 36.9. The molecule has 0 amide bonds. The molecule has 1 saturated heterocycles. The second kappa shape index (κ2) is 5.88. The molecule has 3 fully saturated rings. The third-order valence-electron chi connectivity index (χ3n) is 7.90. The molecule has 6 rings (SSSR count). The van der Waals surface area contributed by atoms with E-state index in [0.717, 1.165) is 36.6 Å². The van der Waals surface area contributed by atoms with E-state index in [1.54, 1.807) is 6.07 Å². The summed E-state index contributed by atoms with van der Waals surface area (Å²) in [5, 5.41) is 10.7. The molecule has 2 heterocycles. The van der Waals surface area contributed by atoms with Crippen molar-refractivity contribution in [1.82, 2.24) is 4.90 Å². The number of hydrogen-bond acceptors (Lipinski definition) is 4. The van der Waals surface area contributed by atoms with Crippen LogP contribution in [0.4, 0.5) is 8.78 Å². The molecule has 1 aromatic rings. The van der Waals surface area contributed by atoms with Gasteiger partial charge in [0.25, 0.3) is 5.92 Å². The van der Waals surface area contributed by atoms with E-state index in [1.165, 1.54) is 20.0 Å². The van der Waals surface area contributed by atoms with Crippen LogP contribution in [0.2, 0.25) is 0 Å². The highest BCUT2D eigenvalue weighted by atomic mass is 35.5. The number of piperidine rings is 1. The van der Waals surface area contributed by atoms with Crippen molar-refractivity contribution in [2.24, 2.45) is 11.8 Å². The molecule has 0 unspecified atom stereocenters. The first-order chi connectivity index (χ1) is 13.0. The zero-order valence-corrected chi connectivity index (χ0v) is 16.7. The Morgan fingerprint density at radius 3 is 2.79 bits per heavy atom. The summed E-state index contributed by atoms with van der Waals surface area (Å²) >= 11 is 0. The van der Waals surface area contributed by atoms with Crippen molar-refractivity contribution in [1.29, 1.82) is 0 Å². The van der Waals surface area contributed by atoms with Crippen LogP contribution < -0.4 is 9.47 Å². The van der Waals surface area contributed by atoms with E-state index in [-0.39, 0.29) is 36.5 Å². The third kappa shape index (κ3) is 2.19. The van der Waals surface area contributed by atoms with Crippen LogP contribution in [0.5, 0.6) is 17.2 Å². The molecule has 3 aliphatic carbocycles. The Bertz CT molecular complexity index is 830. The number of aromatic hydroxyl groups is 1. The van der Waals surface area contributed by atoms with Crippen molar-refractivity contribution in [3.05, 3.63) is 17.2 Å². The van der Waals surface area contributed by atoms with Gasteiger partial charge >= 0.3 is 0 Å². The second-order valence-corrected chi connectivity index (χ2v) is 9.18. The highest BCUT2D eigenvalue weighted by molar-refractivity contribution is 5.85. The Balaban J connectivity index is 0.00000171. The number of methoxy groups -OCH3 is 1. The molecule has 4 nitrogen and oxygen atoms in total. The molecule has 5 aliphatic rings. The zero-order chi connectivity index (χ0) is 18.6. The van der Waals surface area contributed by atoms with E-state index < -0.39 is 17.4 Å². The van der Waals surface area contributed by atoms with Gasteiger partial charge in [0.15, 0.2) is 17.6 Å². The number of hydrogen-bond donors (Lipinski definition) is 1. The summed E-state index contributed by atoms with van der Waals surface area (Å²) in [6.07, 6.45) is 3.23. The average Bonchev–Trinajstić information content (AvgIpc) is 3.38. The van der Waals surface area contributed by atoms with Gasteiger partial charge in [-0.05, 0) is 50.5 Å². The minimum atomic E-state index is -2.85. The molecule has 0 radical (unpaired) electrons. The monoisotopic (exact) mass is 413 g/mol. The highest BCUT2D eigenvalue weighted by Gasteiger charge is 2.71. The first kappa shape index (κ1) is 18.7. The second-order valence-electron chi connectivity index (χ2n) is 9.18. The van der Waals surface area contributed by atoms with E-state index in [1.807, 2.05) is 0 Å². The van der Waals surface area contributed by atoms with Gasteiger partial charge in [0.2, 0.25) is 0 Å². The Kier molecular flexibility index (Phi) is 3.94. The van der Waals surface area contributed by atoms with Crippen LogP contribution in [0.25, 0.3) is 0 Å². The van der Waals surface area contributed by atoms with Gasteiger partial charge < -0.3 is 14.6 Å². The molecule has 2 bridgehead atoms. The summed E-state index contributed by atoms with van der Waals surface area (Å²) in [6.45, 7) is 1.91. The molecule has 2 saturated carbocycles. The first-order valence-corrected chi connectivity index (χ1v) is 10.2. The molecule has 154 valence electrons. The van der Waals surface area contributed by atoms with Gasteiger partial charge in [-0.2, -0.15) is 0 Å². The molecule has 1 aromatic carbocycles. The summed E-state index contributed by atoms with van der Waals surface area (Å²) in [6, 6.07) is 1.76. The minimum absolute atomic E-state index is 0. The molecule has 28 heavy (non-hydrogen) atoms. The summed E-state index contributed by atoms with van der Waals surface area (Å²) < 4.78 is 41.5. The SMILES string of the molecule is COc1cc(O)c2c3c1O[C@H]1C(F)(F)CC[C@H]4[C@@H](C2)N(CC2CC2)CC[C@@]341.Cl. The Morgan fingerprint density at radius 2 is 2.07 bits per heavy atom. The lowest BCUT2D eigenvalue weighted by Crippen LogP contribution is -2.68. The summed E-state index contributed by atoms with van der Waals surface area (Å²) in [5.74, 6) is -0.927. The maximum absolute atomic E-state index is 15.0. The van der Waals surface area contributed by atoms with Crippen molar-refractivity contribution in [3.63, 3.8) is 0 Å². The lowest BCUT2D eigenvalue weighted by atomic mass is 9.51. The molecule has 7 heteroatoms. The van der Waals surface area contributed by atoms with Crippen LogP contribution in [0.1, 0.15) is 43.2 Å². The van der Waals surface area contributed by atoms with Gasteiger partial charge in [0, 0.05) is 41.6 Å². The van der Waals surface area contributed by atoms with Crippen LogP contribution in [0.15, 0.2) is 6.07 Å². The maximum atomic E-state index is 15.0. The number of phenols is 1. The minimum Gasteiger partial charge on any atom is -0.508 e. The van der Waals surface area contributed by atoms with E-state index in [0.29, 0.717) is 24.3 Å². The summed E-state index contributed by atoms with van der Waals surface area (Å²) in [5.41, 5.74) is 0.949. The van der Waals surface area contributed by atoms with Gasteiger partial charge in [0.05, 0.1) is 7.11 Å². The zero-order valence-electron chi connectivity index (χ0n) is 15.9.